The third kappa shape index (κ3) is 2.50. The quantitative estimate of drug-likeness (QED) is 0.896. The molecule has 0 radical (unpaired) electrons. The number of ether oxygens (including phenoxy) is 1. The van der Waals surface area contributed by atoms with E-state index in [1.165, 1.54) is 6.07 Å². The van der Waals surface area contributed by atoms with Crippen LogP contribution in [-0.2, 0) is 4.74 Å². The molecule has 0 aliphatic carbocycles. The Kier molecular flexibility index (Phi) is 3.27. The third-order valence-electron chi connectivity index (χ3n) is 3.03. The van der Waals surface area contributed by atoms with Crippen molar-refractivity contribution >= 4 is 0 Å². The third-order valence-corrected chi connectivity index (χ3v) is 3.03. The zero-order chi connectivity index (χ0) is 13.2. The number of aryl methyl sites for hydroxylation is 1. The largest absolute Gasteiger partial charge is 0.378 e. The molecule has 1 saturated heterocycles. The molecule has 0 amide bonds. The number of nitrogens with one attached hydrogen (secondary N) is 1. The van der Waals surface area contributed by atoms with Gasteiger partial charge in [0.15, 0.2) is 5.82 Å². The van der Waals surface area contributed by atoms with Crippen molar-refractivity contribution in [2.75, 3.05) is 19.8 Å². The molecule has 0 bridgehead atoms. The molecule has 1 unspecified atom stereocenters. The van der Waals surface area contributed by atoms with Gasteiger partial charge in [-0.1, -0.05) is 16.8 Å². The Bertz CT molecular complexity index is 579. The second-order valence-electron chi connectivity index (χ2n) is 4.52. The topological polar surface area (TPSA) is 60.2 Å². The highest BCUT2D eigenvalue weighted by Crippen LogP contribution is 2.24. The van der Waals surface area contributed by atoms with Gasteiger partial charge in [0.1, 0.15) is 5.82 Å². The molecular formula is C13H14FN3O2. The molecule has 5 nitrogen and oxygen atoms in total. The molecule has 2 aromatic rings. The summed E-state index contributed by atoms with van der Waals surface area (Å²) in [5.74, 6) is 0.327. The first-order valence-corrected chi connectivity index (χ1v) is 6.15. The van der Waals surface area contributed by atoms with E-state index >= 15 is 0 Å². The number of aromatic nitrogens is 2. The summed E-state index contributed by atoms with van der Waals surface area (Å²) in [5, 5.41) is 7.11. The predicted molar refractivity (Wildman–Crippen MR) is 66.0 cm³/mol. The normalized spacial score (nSPS) is 19.6. The molecule has 1 aliphatic rings. The van der Waals surface area contributed by atoms with Gasteiger partial charge in [-0.3, -0.25) is 0 Å². The number of rotatable bonds is 2. The number of halogens is 1. The van der Waals surface area contributed by atoms with Gasteiger partial charge in [-0.15, -0.1) is 0 Å². The van der Waals surface area contributed by atoms with E-state index in [0.29, 0.717) is 24.6 Å². The van der Waals surface area contributed by atoms with Crippen LogP contribution in [0.5, 0.6) is 0 Å². The first kappa shape index (κ1) is 12.3. The fraction of sp³-hybridized carbons (Fsp3) is 0.385. The highest BCUT2D eigenvalue weighted by Gasteiger charge is 2.22. The second kappa shape index (κ2) is 5.07. The van der Waals surface area contributed by atoms with Gasteiger partial charge in [0, 0.05) is 6.54 Å². The van der Waals surface area contributed by atoms with Crippen molar-refractivity contribution in [1.29, 1.82) is 0 Å². The molecule has 1 fully saturated rings. The fourth-order valence-corrected chi connectivity index (χ4v) is 2.02. The average molecular weight is 263 g/mol. The maximum atomic E-state index is 13.7. The van der Waals surface area contributed by atoms with Gasteiger partial charge >= 0.3 is 0 Å². The summed E-state index contributed by atoms with van der Waals surface area (Å²) in [6.45, 7) is 3.80. The van der Waals surface area contributed by atoms with Gasteiger partial charge in [0.05, 0.1) is 24.8 Å². The van der Waals surface area contributed by atoms with Gasteiger partial charge < -0.3 is 14.6 Å². The molecule has 0 spiro atoms. The lowest BCUT2D eigenvalue weighted by molar-refractivity contribution is 0.0734. The van der Waals surface area contributed by atoms with Crippen molar-refractivity contribution in [3.8, 4) is 11.5 Å². The highest BCUT2D eigenvalue weighted by atomic mass is 19.1. The molecule has 1 aromatic carbocycles. The molecule has 1 aliphatic heterocycles. The summed E-state index contributed by atoms with van der Waals surface area (Å²) in [6.07, 6.45) is 0. The van der Waals surface area contributed by atoms with E-state index in [0.717, 1.165) is 12.1 Å². The fourth-order valence-electron chi connectivity index (χ4n) is 2.02. The zero-order valence-corrected chi connectivity index (χ0v) is 10.5. The number of nitrogens with zero attached hydrogens (tertiary/aromatic N) is 2. The average Bonchev–Trinajstić information content (AvgIpc) is 2.92. The van der Waals surface area contributed by atoms with Crippen LogP contribution in [0, 0.1) is 12.7 Å². The maximum absolute atomic E-state index is 13.7. The van der Waals surface area contributed by atoms with Crippen molar-refractivity contribution in [2.45, 2.75) is 13.0 Å². The molecule has 6 heteroatoms. The number of benzene rings is 1. The molecule has 1 N–H and O–H groups in total. The minimum atomic E-state index is -0.367. The molecule has 1 atom stereocenters. The van der Waals surface area contributed by atoms with Gasteiger partial charge in [-0.05, 0) is 19.1 Å². The van der Waals surface area contributed by atoms with E-state index in [9.17, 15) is 4.39 Å². The van der Waals surface area contributed by atoms with E-state index in [1.807, 2.05) is 6.92 Å². The monoisotopic (exact) mass is 263 g/mol. The number of morpholine rings is 1. The van der Waals surface area contributed by atoms with Crippen LogP contribution in [-0.4, -0.2) is 29.9 Å². The van der Waals surface area contributed by atoms with Crippen LogP contribution < -0.4 is 5.32 Å². The van der Waals surface area contributed by atoms with E-state index in [1.54, 1.807) is 12.1 Å². The first-order chi connectivity index (χ1) is 9.24. The number of hydrogen-bond acceptors (Lipinski definition) is 5. The molecular weight excluding hydrogens is 249 g/mol. The van der Waals surface area contributed by atoms with E-state index in [4.69, 9.17) is 9.26 Å². The van der Waals surface area contributed by atoms with Crippen LogP contribution in [0.3, 0.4) is 0 Å². The Morgan fingerprint density at radius 2 is 2.32 bits per heavy atom. The lowest BCUT2D eigenvalue weighted by Crippen LogP contribution is -2.35. The minimum absolute atomic E-state index is 0.0980. The van der Waals surface area contributed by atoms with Crippen LogP contribution in [0.15, 0.2) is 22.7 Å². The van der Waals surface area contributed by atoms with Crippen LogP contribution in [0.1, 0.15) is 17.4 Å². The van der Waals surface area contributed by atoms with Crippen molar-refractivity contribution in [3.63, 3.8) is 0 Å². The van der Waals surface area contributed by atoms with Gasteiger partial charge in [0.2, 0.25) is 0 Å². The summed E-state index contributed by atoms with van der Waals surface area (Å²) in [6, 6.07) is 4.69. The second-order valence-corrected chi connectivity index (χ2v) is 4.52. The Morgan fingerprint density at radius 3 is 3.11 bits per heavy atom. The van der Waals surface area contributed by atoms with Gasteiger partial charge in [-0.25, -0.2) is 4.39 Å². The van der Waals surface area contributed by atoms with Crippen molar-refractivity contribution in [1.82, 2.24) is 15.5 Å². The van der Waals surface area contributed by atoms with Crippen molar-refractivity contribution < 1.29 is 13.7 Å². The summed E-state index contributed by atoms with van der Waals surface area (Å²) in [4.78, 5) is 4.25. The van der Waals surface area contributed by atoms with Crippen LogP contribution in [0.2, 0.25) is 0 Å². The maximum Gasteiger partial charge on any atom is 0.260 e. The van der Waals surface area contributed by atoms with Crippen LogP contribution >= 0.6 is 0 Å². The Morgan fingerprint density at radius 1 is 1.42 bits per heavy atom. The van der Waals surface area contributed by atoms with Crippen LogP contribution in [0.25, 0.3) is 11.5 Å². The molecule has 3 rings (SSSR count). The van der Waals surface area contributed by atoms with Gasteiger partial charge in [-0.2, -0.15) is 4.98 Å². The van der Waals surface area contributed by atoms with E-state index in [-0.39, 0.29) is 17.7 Å². The predicted octanol–water partition coefficient (Wildman–Crippen LogP) is 1.85. The first-order valence-electron chi connectivity index (χ1n) is 6.15. The van der Waals surface area contributed by atoms with Crippen LogP contribution in [0.4, 0.5) is 4.39 Å². The molecule has 0 saturated carbocycles. The van der Waals surface area contributed by atoms with Crippen molar-refractivity contribution in [2.24, 2.45) is 0 Å². The molecule has 100 valence electrons. The summed E-state index contributed by atoms with van der Waals surface area (Å²) < 4.78 is 24.2. The van der Waals surface area contributed by atoms with Crippen molar-refractivity contribution in [3.05, 3.63) is 35.4 Å². The Labute approximate surface area is 109 Å². The Hall–Kier alpha value is -1.79. The summed E-state index contributed by atoms with van der Waals surface area (Å²) >= 11 is 0. The molecule has 2 heterocycles. The molecule has 19 heavy (non-hydrogen) atoms. The highest BCUT2D eigenvalue weighted by molar-refractivity contribution is 5.55. The minimum Gasteiger partial charge on any atom is -0.378 e. The summed E-state index contributed by atoms with van der Waals surface area (Å²) in [5.41, 5.74) is 1.27. The lowest BCUT2D eigenvalue weighted by Gasteiger charge is -2.20. The Balaban J connectivity index is 1.89. The molecule has 1 aromatic heterocycles. The standard InChI is InChI=1S/C13H14FN3O2/c1-8-2-3-10(14)9(6-8)13-16-12(17-19-13)11-7-18-5-4-15-11/h2-3,6,11,15H,4-5,7H2,1H3. The van der Waals surface area contributed by atoms with E-state index in [2.05, 4.69) is 15.5 Å². The van der Waals surface area contributed by atoms with E-state index < -0.39 is 0 Å². The zero-order valence-electron chi connectivity index (χ0n) is 10.5. The number of hydrogen-bond donors (Lipinski definition) is 1. The SMILES string of the molecule is Cc1ccc(F)c(-c2nc(C3COCCN3)no2)c1. The smallest absolute Gasteiger partial charge is 0.260 e. The summed E-state index contributed by atoms with van der Waals surface area (Å²) in [7, 11) is 0. The lowest BCUT2D eigenvalue weighted by atomic mass is 10.1. The van der Waals surface area contributed by atoms with Gasteiger partial charge in [0.25, 0.3) is 5.89 Å².